The molecule has 1 heterocycles. The second-order valence-electron chi connectivity index (χ2n) is 5.93. The summed E-state index contributed by atoms with van der Waals surface area (Å²) in [5.74, 6) is 3.90. The Morgan fingerprint density at radius 2 is 2.25 bits per heavy atom. The van der Waals surface area contributed by atoms with Crippen LogP contribution < -0.4 is 16.6 Å². The topological polar surface area (TPSA) is 80.0 Å². The van der Waals surface area contributed by atoms with Crippen molar-refractivity contribution in [3.63, 3.8) is 0 Å². The van der Waals surface area contributed by atoms with Gasteiger partial charge in [0.15, 0.2) is 11.6 Å². The highest BCUT2D eigenvalue weighted by atomic mass is 19.1. The van der Waals surface area contributed by atoms with Crippen LogP contribution in [0.3, 0.4) is 0 Å². The van der Waals surface area contributed by atoms with Crippen molar-refractivity contribution in [3.05, 3.63) is 23.6 Å². The van der Waals surface area contributed by atoms with Gasteiger partial charge in [0.05, 0.1) is 5.56 Å². The van der Waals surface area contributed by atoms with Crippen molar-refractivity contribution >= 4 is 11.7 Å². The van der Waals surface area contributed by atoms with Crippen molar-refractivity contribution in [1.82, 2.24) is 10.3 Å². The number of carbonyl (C=O) groups excluding carboxylic acids is 1. The normalized spacial score (nSPS) is 21.3. The monoisotopic (exact) mass is 280 g/mol. The van der Waals surface area contributed by atoms with Gasteiger partial charge >= 0.3 is 0 Å². The first-order valence-corrected chi connectivity index (χ1v) is 6.87. The molecule has 1 amide bonds. The molecule has 5 nitrogen and oxygen atoms in total. The molecule has 0 aromatic carbocycles. The predicted octanol–water partition coefficient (Wildman–Crippen LogP) is 2.20. The van der Waals surface area contributed by atoms with E-state index in [0.717, 1.165) is 19.3 Å². The lowest BCUT2D eigenvalue weighted by atomic mass is 9.73. The number of rotatable bonds is 3. The summed E-state index contributed by atoms with van der Waals surface area (Å²) >= 11 is 0. The second-order valence-corrected chi connectivity index (χ2v) is 5.93. The van der Waals surface area contributed by atoms with E-state index in [4.69, 9.17) is 5.84 Å². The van der Waals surface area contributed by atoms with Crippen LogP contribution in [0.4, 0.5) is 10.2 Å². The molecule has 0 radical (unpaired) electrons. The largest absolute Gasteiger partial charge is 0.349 e. The highest BCUT2D eigenvalue weighted by Gasteiger charge is 2.33. The molecule has 20 heavy (non-hydrogen) atoms. The molecule has 0 aliphatic heterocycles. The molecule has 1 saturated carbocycles. The Kier molecular flexibility index (Phi) is 4.23. The molecule has 0 bridgehead atoms. The smallest absolute Gasteiger partial charge is 0.254 e. The minimum atomic E-state index is -0.721. The number of halogens is 1. The number of hydrogen-bond acceptors (Lipinski definition) is 4. The maximum atomic E-state index is 14.0. The highest BCUT2D eigenvalue weighted by Crippen LogP contribution is 2.35. The van der Waals surface area contributed by atoms with Gasteiger partial charge in [-0.15, -0.1) is 0 Å². The highest BCUT2D eigenvalue weighted by molar-refractivity contribution is 5.95. The summed E-state index contributed by atoms with van der Waals surface area (Å²) in [7, 11) is 0. The number of anilines is 1. The molecule has 1 unspecified atom stereocenters. The maximum absolute atomic E-state index is 14.0. The summed E-state index contributed by atoms with van der Waals surface area (Å²) in [6.07, 6.45) is 5.60. The SMILES string of the molecule is CC1(C)CCCCC1NC(=O)c1ccnc(NN)c1F. The summed E-state index contributed by atoms with van der Waals surface area (Å²) in [5, 5.41) is 2.94. The Morgan fingerprint density at radius 1 is 1.50 bits per heavy atom. The molecule has 4 N–H and O–H groups in total. The lowest BCUT2D eigenvalue weighted by Crippen LogP contribution is -2.47. The van der Waals surface area contributed by atoms with Crippen LogP contribution in [0.2, 0.25) is 0 Å². The van der Waals surface area contributed by atoms with Gasteiger partial charge in [-0.25, -0.2) is 15.2 Å². The summed E-state index contributed by atoms with van der Waals surface area (Å²) in [4.78, 5) is 16.0. The van der Waals surface area contributed by atoms with E-state index in [2.05, 4.69) is 29.6 Å². The average Bonchev–Trinajstić information content (AvgIpc) is 2.41. The summed E-state index contributed by atoms with van der Waals surface area (Å²) in [6, 6.07) is 1.42. The van der Waals surface area contributed by atoms with Crippen LogP contribution in [-0.4, -0.2) is 16.9 Å². The van der Waals surface area contributed by atoms with E-state index in [-0.39, 0.29) is 22.8 Å². The predicted molar refractivity (Wildman–Crippen MR) is 75.5 cm³/mol. The number of aromatic nitrogens is 1. The van der Waals surface area contributed by atoms with Crippen molar-refractivity contribution in [2.24, 2.45) is 11.3 Å². The van der Waals surface area contributed by atoms with Crippen LogP contribution in [0, 0.1) is 11.2 Å². The molecule has 1 aliphatic carbocycles. The number of carbonyl (C=O) groups is 1. The third-order valence-corrected chi connectivity index (χ3v) is 4.08. The zero-order valence-electron chi connectivity index (χ0n) is 11.9. The fraction of sp³-hybridized carbons (Fsp3) is 0.571. The van der Waals surface area contributed by atoms with Crippen molar-refractivity contribution in [2.45, 2.75) is 45.6 Å². The van der Waals surface area contributed by atoms with Gasteiger partial charge in [0.25, 0.3) is 5.91 Å². The number of nitrogens with zero attached hydrogens (tertiary/aromatic N) is 1. The number of nitrogens with two attached hydrogens (primary N) is 1. The van der Waals surface area contributed by atoms with Crippen molar-refractivity contribution < 1.29 is 9.18 Å². The number of amides is 1. The van der Waals surface area contributed by atoms with Crippen molar-refractivity contribution in [1.29, 1.82) is 0 Å². The van der Waals surface area contributed by atoms with Crippen LogP contribution in [0.1, 0.15) is 49.9 Å². The van der Waals surface area contributed by atoms with Gasteiger partial charge in [0, 0.05) is 12.2 Å². The minimum Gasteiger partial charge on any atom is -0.349 e. The van der Waals surface area contributed by atoms with Gasteiger partial charge in [-0.3, -0.25) is 4.79 Å². The minimum absolute atomic E-state index is 0.0330. The van der Waals surface area contributed by atoms with Gasteiger partial charge in [-0.1, -0.05) is 26.7 Å². The van der Waals surface area contributed by atoms with Crippen LogP contribution in [0.15, 0.2) is 12.3 Å². The van der Waals surface area contributed by atoms with Crippen molar-refractivity contribution in [2.75, 3.05) is 5.43 Å². The number of nitrogens with one attached hydrogen (secondary N) is 2. The molecule has 110 valence electrons. The van der Waals surface area contributed by atoms with E-state index < -0.39 is 11.7 Å². The van der Waals surface area contributed by atoms with Crippen LogP contribution in [0.25, 0.3) is 0 Å². The molecule has 6 heteroatoms. The fourth-order valence-corrected chi connectivity index (χ4v) is 2.72. The fourth-order valence-electron chi connectivity index (χ4n) is 2.72. The maximum Gasteiger partial charge on any atom is 0.254 e. The summed E-state index contributed by atoms with van der Waals surface area (Å²) in [5.41, 5.74) is 2.15. The molecular formula is C14H21FN4O. The van der Waals surface area contributed by atoms with Gasteiger partial charge < -0.3 is 10.7 Å². The molecule has 0 spiro atoms. The second kappa shape index (κ2) is 5.75. The lowest BCUT2D eigenvalue weighted by molar-refractivity contribution is 0.0849. The van der Waals surface area contributed by atoms with Crippen LogP contribution in [-0.2, 0) is 0 Å². The molecule has 1 aromatic rings. The zero-order valence-corrected chi connectivity index (χ0v) is 11.9. The lowest BCUT2D eigenvalue weighted by Gasteiger charge is -2.39. The first-order chi connectivity index (χ1) is 9.45. The Balaban J connectivity index is 2.16. The molecule has 1 fully saturated rings. The third-order valence-electron chi connectivity index (χ3n) is 4.08. The average molecular weight is 280 g/mol. The van der Waals surface area contributed by atoms with Crippen LogP contribution >= 0.6 is 0 Å². The Morgan fingerprint density at radius 3 is 2.90 bits per heavy atom. The number of hydrazine groups is 1. The Bertz CT molecular complexity index is 504. The third kappa shape index (κ3) is 2.90. The molecular weight excluding hydrogens is 259 g/mol. The van der Waals surface area contributed by atoms with E-state index in [9.17, 15) is 9.18 Å². The Hall–Kier alpha value is -1.69. The molecule has 1 aromatic heterocycles. The molecule has 2 rings (SSSR count). The number of pyridine rings is 1. The van der Waals surface area contributed by atoms with Gasteiger partial charge in [-0.05, 0) is 24.3 Å². The Labute approximate surface area is 118 Å². The first kappa shape index (κ1) is 14.7. The van der Waals surface area contributed by atoms with Gasteiger partial charge in [0.1, 0.15) is 0 Å². The van der Waals surface area contributed by atoms with E-state index >= 15 is 0 Å². The zero-order chi connectivity index (χ0) is 14.8. The molecule has 0 saturated heterocycles. The van der Waals surface area contributed by atoms with E-state index in [0.29, 0.717) is 0 Å². The standard InChI is InChI=1S/C14H21FN4O/c1-14(2)7-4-3-5-10(14)18-13(20)9-6-8-17-12(19-16)11(9)15/h6,8,10H,3-5,7,16H2,1-2H3,(H,17,19)(H,18,20). The molecule has 1 atom stereocenters. The van der Waals surface area contributed by atoms with Gasteiger partial charge in [-0.2, -0.15) is 0 Å². The molecule has 1 aliphatic rings. The quantitative estimate of drug-likeness (QED) is 0.586. The summed E-state index contributed by atoms with van der Waals surface area (Å²) in [6.45, 7) is 4.26. The van der Waals surface area contributed by atoms with Crippen LogP contribution in [0.5, 0.6) is 0 Å². The van der Waals surface area contributed by atoms with E-state index in [1.165, 1.54) is 18.7 Å². The number of hydrogen-bond donors (Lipinski definition) is 3. The summed E-state index contributed by atoms with van der Waals surface area (Å²) < 4.78 is 14.0. The first-order valence-electron chi connectivity index (χ1n) is 6.87. The van der Waals surface area contributed by atoms with Gasteiger partial charge in [0.2, 0.25) is 0 Å². The number of nitrogen functional groups attached to an aromatic ring is 1. The van der Waals surface area contributed by atoms with E-state index in [1.807, 2.05) is 0 Å². The van der Waals surface area contributed by atoms with E-state index in [1.54, 1.807) is 0 Å². The van der Waals surface area contributed by atoms with Crippen molar-refractivity contribution in [3.8, 4) is 0 Å².